The Morgan fingerprint density at radius 2 is 1.81 bits per heavy atom. The van der Waals surface area contributed by atoms with Gasteiger partial charge in [-0.2, -0.15) is 10.1 Å². The van der Waals surface area contributed by atoms with E-state index in [1.165, 1.54) is 0 Å². The van der Waals surface area contributed by atoms with Gasteiger partial charge in [0, 0.05) is 6.54 Å². The summed E-state index contributed by atoms with van der Waals surface area (Å²) in [6.07, 6.45) is 1.57. The van der Waals surface area contributed by atoms with Crippen molar-refractivity contribution in [2.75, 3.05) is 24.9 Å². The number of aryl methyl sites for hydroxylation is 1. The third kappa shape index (κ3) is 4.38. The van der Waals surface area contributed by atoms with E-state index in [-0.39, 0.29) is 0 Å². The van der Waals surface area contributed by atoms with Crippen LogP contribution in [0, 0.1) is 6.92 Å². The molecule has 2 aromatic carbocycles. The van der Waals surface area contributed by atoms with Crippen LogP contribution in [0.2, 0.25) is 0 Å². The van der Waals surface area contributed by atoms with Crippen LogP contribution in [0.15, 0.2) is 48.7 Å². The zero-order chi connectivity index (χ0) is 18.4. The lowest BCUT2D eigenvalue weighted by Crippen LogP contribution is -2.06. The van der Waals surface area contributed by atoms with Crippen LogP contribution < -0.4 is 20.1 Å². The van der Waals surface area contributed by atoms with Crippen LogP contribution in [0.5, 0.6) is 11.5 Å². The van der Waals surface area contributed by atoms with E-state index in [0.29, 0.717) is 18.3 Å². The van der Waals surface area contributed by atoms with Crippen molar-refractivity contribution in [1.29, 1.82) is 0 Å². The Balaban J connectivity index is 1.69. The van der Waals surface area contributed by atoms with Crippen molar-refractivity contribution in [2.24, 2.45) is 0 Å². The molecule has 26 heavy (non-hydrogen) atoms. The molecule has 0 aliphatic carbocycles. The second kappa shape index (κ2) is 8.15. The Bertz CT molecular complexity index is 868. The highest BCUT2D eigenvalue weighted by atomic mass is 16.5. The van der Waals surface area contributed by atoms with E-state index in [1.807, 2.05) is 49.4 Å². The fourth-order valence-corrected chi connectivity index (χ4v) is 2.42. The number of nitrogens with one attached hydrogen (secondary N) is 2. The molecule has 0 aliphatic rings. The van der Waals surface area contributed by atoms with Gasteiger partial charge in [0.05, 0.1) is 26.1 Å². The molecule has 0 aliphatic heterocycles. The smallest absolute Gasteiger partial charge is 0.244 e. The minimum atomic E-state index is 0.442. The predicted molar refractivity (Wildman–Crippen MR) is 101 cm³/mol. The van der Waals surface area contributed by atoms with Crippen LogP contribution in [-0.4, -0.2) is 29.4 Å². The Hall–Kier alpha value is -3.35. The van der Waals surface area contributed by atoms with E-state index < -0.39 is 0 Å². The molecule has 0 spiro atoms. The highest BCUT2D eigenvalue weighted by molar-refractivity contribution is 5.65. The summed E-state index contributed by atoms with van der Waals surface area (Å²) in [7, 11) is 3.28. The van der Waals surface area contributed by atoms with Gasteiger partial charge in [-0.05, 0) is 42.3 Å². The number of hydrogen-bond donors (Lipinski definition) is 2. The zero-order valence-electron chi connectivity index (χ0n) is 15.0. The van der Waals surface area contributed by atoms with Crippen LogP contribution in [-0.2, 0) is 6.54 Å². The van der Waals surface area contributed by atoms with Crippen molar-refractivity contribution in [3.05, 3.63) is 59.8 Å². The van der Waals surface area contributed by atoms with Gasteiger partial charge in [-0.1, -0.05) is 18.2 Å². The molecule has 134 valence electrons. The number of hydrogen-bond acceptors (Lipinski definition) is 7. The molecule has 0 radical (unpaired) electrons. The van der Waals surface area contributed by atoms with Crippen LogP contribution in [0.25, 0.3) is 0 Å². The first-order chi connectivity index (χ1) is 12.7. The van der Waals surface area contributed by atoms with Gasteiger partial charge in [0.1, 0.15) is 11.5 Å². The lowest BCUT2D eigenvalue weighted by molar-refractivity contribution is 0.414. The molecule has 1 heterocycles. The van der Waals surface area contributed by atoms with Crippen molar-refractivity contribution >= 4 is 17.5 Å². The zero-order valence-corrected chi connectivity index (χ0v) is 15.0. The van der Waals surface area contributed by atoms with Gasteiger partial charge in [-0.3, -0.25) is 0 Å². The average molecular weight is 351 g/mol. The number of rotatable bonds is 7. The Labute approximate surface area is 152 Å². The van der Waals surface area contributed by atoms with E-state index >= 15 is 0 Å². The Morgan fingerprint density at radius 3 is 2.54 bits per heavy atom. The number of nitrogens with zero attached hydrogens (tertiary/aromatic N) is 3. The number of aromatic nitrogens is 3. The Kier molecular flexibility index (Phi) is 5.48. The van der Waals surface area contributed by atoms with Gasteiger partial charge in [-0.25, -0.2) is 0 Å². The van der Waals surface area contributed by atoms with E-state index in [4.69, 9.17) is 9.47 Å². The quantitative estimate of drug-likeness (QED) is 0.673. The van der Waals surface area contributed by atoms with Gasteiger partial charge in [-0.15, -0.1) is 5.10 Å². The third-order valence-corrected chi connectivity index (χ3v) is 3.79. The third-order valence-electron chi connectivity index (χ3n) is 3.79. The second-order valence-corrected chi connectivity index (χ2v) is 5.70. The summed E-state index contributed by atoms with van der Waals surface area (Å²) in [4.78, 5) is 4.45. The second-order valence-electron chi connectivity index (χ2n) is 5.70. The fraction of sp³-hybridized carbons (Fsp3) is 0.211. The van der Waals surface area contributed by atoms with Crippen LogP contribution in [0.1, 0.15) is 11.1 Å². The van der Waals surface area contributed by atoms with Crippen molar-refractivity contribution in [3.63, 3.8) is 0 Å². The molecule has 3 rings (SSSR count). The SMILES string of the molecule is COc1ccc(CNc2nncc(Nc3cc(C)ccc3OC)n2)cc1. The van der Waals surface area contributed by atoms with Gasteiger partial charge in [0.2, 0.25) is 5.95 Å². The molecule has 0 saturated carbocycles. The molecular weight excluding hydrogens is 330 g/mol. The lowest BCUT2D eigenvalue weighted by atomic mass is 10.2. The molecular formula is C19H21N5O2. The summed E-state index contributed by atoms with van der Waals surface area (Å²) in [6.45, 7) is 2.60. The molecule has 0 fully saturated rings. The first-order valence-electron chi connectivity index (χ1n) is 8.16. The van der Waals surface area contributed by atoms with Gasteiger partial charge in [0.25, 0.3) is 0 Å². The highest BCUT2D eigenvalue weighted by Crippen LogP contribution is 2.27. The molecule has 0 amide bonds. The number of methoxy groups -OCH3 is 2. The van der Waals surface area contributed by atoms with Crippen molar-refractivity contribution in [2.45, 2.75) is 13.5 Å². The maximum Gasteiger partial charge on any atom is 0.244 e. The molecule has 1 aromatic heterocycles. The van der Waals surface area contributed by atoms with E-state index in [1.54, 1.807) is 20.4 Å². The van der Waals surface area contributed by atoms with Crippen molar-refractivity contribution in [1.82, 2.24) is 15.2 Å². The predicted octanol–water partition coefficient (Wildman–Crippen LogP) is 3.55. The number of ether oxygens (including phenoxy) is 2. The molecule has 7 nitrogen and oxygen atoms in total. The fourth-order valence-electron chi connectivity index (χ4n) is 2.42. The topological polar surface area (TPSA) is 81.2 Å². The summed E-state index contributed by atoms with van der Waals surface area (Å²) < 4.78 is 10.5. The molecule has 0 atom stereocenters. The van der Waals surface area contributed by atoms with Gasteiger partial charge >= 0.3 is 0 Å². The summed E-state index contributed by atoms with van der Waals surface area (Å²) in [6, 6.07) is 13.7. The van der Waals surface area contributed by atoms with E-state index in [9.17, 15) is 0 Å². The van der Waals surface area contributed by atoms with E-state index in [2.05, 4.69) is 25.8 Å². The van der Waals surface area contributed by atoms with Crippen LogP contribution in [0.3, 0.4) is 0 Å². The first kappa shape index (κ1) is 17.5. The largest absolute Gasteiger partial charge is 0.497 e. The molecule has 7 heteroatoms. The first-order valence-corrected chi connectivity index (χ1v) is 8.16. The lowest BCUT2D eigenvalue weighted by Gasteiger charge is -2.12. The van der Waals surface area contributed by atoms with Crippen LogP contribution in [0.4, 0.5) is 17.5 Å². The summed E-state index contributed by atoms with van der Waals surface area (Å²) in [5.41, 5.74) is 3.04. The molecule has 0 unspecified atom stereocenters. The average Bonchev–Trinajstić information content (AvgIpc) is 2.67. The summed E-state index contributed by atoms with van der Waals surface area (Å²) in [5, 5.41) is 14.4. The maximum absolute atomic E-state index is 5.37. The summed E-state index contributed by atoms with van der Waals surface area (Å²) in [5.74, 6) is 2.59. The maximum atomic E-state index is 5.37. The molecule has 2 N–H and O–H groups in total. The number of anilines is 3. The number of benzene rings is 2. The van der Waals surface area contributed by atoms with Crippen LogP contribution >= 0.6 is 0 Å². The standard InChI is InChI=1S/C19H21N5O2/c1-13-4-9-17(26-3)16(10-13)22-18-12-21-24-19(23-18)20-11-14-5-7-15(25-2)8-6-14/h4-10,12H,11H2,1-3H3,(H2,20,22,23,24). The molecule has 3 aromatic rings. The molecule has 0 bridgehead atoms. The van der Waals surface area contributed by atoms with Gasteiger partial charge < -0.3 is 20.1 Å². The minimum absolute atomic E-state index is 0.442. The minimum Gasteiger partial charge on any atom is -0.497 e. The van der Waals surface area contributed by atoms with Gasteiger partial charge in [0.15, 0.2) is 5.82 Å². The molecule has 0 saturated heterocycles. The normalized spacial score (nSPS) is 10.3. The Morgan fingerprint density at radius 1 is 1.00 bits per heavy atom. The monoisotopic (exact) mass is 351 g/mol. The van der Waals surface area contributed by atoms with Crippen molar-refractivity contribution < 1.29 is 9.47 Å². The highest BCUT2D eigenvalue weighted by Gasteiger charge is 2.06. The summed E-state index contributed by atoms with van der Waals surface area (Å²) >= 11 is 0. The van der Waals surface area contributed by atoms with Crippen molar-refractivity contribution in [3.8, 4) is 11.5 Å². The van der Waals surface area contributed by atoms with E-state index in [0.717, 1.165) is 28.3 Å².